The minimum atomic E-state index is -0.411. The van der Waals surface area contributed by atoms with Gasteiger partial charge in [-0.2, -0.15) is 0 Å². The van der Waals surface area contributed by atoms with Crippen molar-refractivity contribution < 1.29 is 4.79 Å². The summed E-state index contributed by atoms with van der Waals surface area (Å²) >= 11 is 1.32. The summed E-state index contributed by atoms with van der Waals surface area (Å²) < 4.78 is 1.74. The second-order valence-electron chi connectivity index (χ2n) is 7.10. The van der Waals surface area contributed by atoms with E-state index in [0.29, 0.717) is 34.9 Å². The lowest BCUT2D eigenvalue weighted by Gasteiger charge is -2.34. The first-order valence-corrected chi connectivity index (χ1v) is 9.85. The van der Waals surface area contributed by atoms with Crippen LogP contribution in [0.5, 0.6) is 0 Å². The number of aromatic amines is 1. The Morgan fingerprint density at radius 3 is 2.96 bits per heavy atom. The van der Waals surface area contributed by atoms with Crippen LogP contribution in [0.3, 0.4) is 0 Å². The first-order valence-electron chi connectivity index (χ1n) is 8.97. The molecule has 136 valence electrons. The molecule has 0 aromatic carbocycles. The lowest BCUT2D eigenvalue weighted by molar-refractivity contribution is -0.122. The van der Waals surface area contributed by atoms with Crippen LogP contribution >= 0.6 is 11.3 Å². The molecule has 2 aromatic heterocycles. The monoisotopic (exact) mass is 363 g/mol. The predicted octanol–water partition coefficient (Wildman–Crippen LogP) is 2.47. The van der Waals surface area contributed by atoms with E-state index in [4.69, 9.17) is 0 Å². The predicted molar refractivity (Wildman–Crippen MR) is 100 cm³/mol. The third kappa shape index (κ3) is 3.86. The Hall–Kier alpha value is -1.89. The van der Waals surface area contributed by atoms with Crippen LogP contribution in [0.4, 0.5) is 0 Å². The summed E-state index contributed by atoms with van der Waals surface area (Å²) in [5.41, 5.74) is -0.107. The van der Waals surface area contributed by atoms with E-state index < -0.39 is 5.69 Å². The highest BCUT2D eigenvalue weighted by Crippen LogP contribution is 2.29. The molecule has 1 aliphatic rings. The summed E-state index contributed by atoms with van der Waals surface area (Å²) in [5, 5.41) is 4.91. The summed E-state index contributed by atoms with van der Waals surface area (Å²) in [6, 6.07) is 1.97. The van der Waals surface area contributed by atoms with Crippen LogP contribution in [0.15, 0.2) is 21.0 Å². The summed E-state index contributed by atoms with van der Waals surface area (Å²) in [6.45, 7) is 4.69. The fraction of sp³-hybridized carbons (Fsp3) is 0.611. The molecule has 2 heterocycles. The number of amides is 1. The maximum absolute atomic E-state index is 12.3. The molecule has 0 spiro atoms. The van der Waals surface area contributed by atoms with Crippen molar-refractivity contribution in [2.75, 3.05) is 0 Å². The average Bonchev–Trinajstić information content (AvgIpc) is 3.03. The number of hydrogen-bond donors (Lipinski definition) is 2. The highest BCUT2D eigenvalue weighted by molar-refractivity contribution is 7.17. The molecule has 1 fully saturated rings. The topological polar surface area (TPSA) is 84.0 Å². The highest BCUT2D eigenvalue weighted by Gasteiger charge is 2.27. The Morgan fingerprint density at radius 1 is 1.36 bits per heavy atom. The summed E-state index contributed by atoms with van der Waals surface area (Å²) in [6.07, 6.45) is 4.21. The van der Waals surface area contributed by atoms with Gasteiger partial charge in [-0.15, -0.1) is 11.3 Å². The molecular weight excluding hydrogens is 338 g/mol. The smallest absolute Gasteiger partial charge is 0.328 e. The Labute approximate surface area is 150 Å². The van der Waals surface area contributed by atoms with Crippen LogP contribution in [0, 0.1) is 11.8 Å². The molecule has 2 aromatic rings. The van der Waals surface area contributed by atoms with Gasteiger partial charge >= 0.3 is 5.69 Å². The summed E-state index contributed by atoms with van der Waals surface area (Å²) in [5.74, 6) is 1.13. The Kier molecular flexibility index (Phi) is 5.42. The van der Waals surface area contributed by atoms with Gasteiger partial charge in [0, 0.05) is 19.0 Å². The van der Waals surface area contributed by atoms with Crippen molar-refractivity contribution in [3.63, 3.8) is 0 Å². The van der Waals surface area contributed by atoms with Crippen molar-refractivity contribution in [3.05, 3.63) is 32.3 Å². The fourth-order valence-electron chi connectivity index (χ4n) is 3.64. The van der Waals surface area contributed by atoms with Gasteiger partial charge in [-0.1, -0.05) is 26.7 Å². The molecule has 0 aliphatic heterocycles. The largest absolute Gasteiger partial charge is 0.353 e. The van der Waals surface area contributed by atoms with Crippen molar-refractivity contribution in [1.82, 2.24) is 14.9 Å². The first kappa shape index (κ1) is 17.9. The Morgan fingerprint density at radius 2 is 2.16 bits per heavy atom. The maximum Gasteiger partial charge on any atom is 0.328 e. The number of nitrogens with zero attached hydrogens (tertiary/aromatic N) is 1. The van der Waals surface area contributed by atoms with Crippen molar-refractivity contribution >= 4 is 27.5 Å². The molecule has 25 heavy (non-hydrogen) atoms. The van der Waals surface area contributed by atoms with Crippen molar-refractivity contribution in [3.8, 4) is 0 Å². The van der Waals surface area contributed by atoms with Gasteiger partial charge in [-0.3, -0.25) is 14.2 Å². The van der Waals surface area contributed by atoms with E-state index >= 15 is 0 Å². The van der Waals surface area contributed by atoms with Gasteiger partial charge in [0.2, 0.25) is 5.91 Å². The molecule has 3 rings (SSSR count). The van der Waals surface area contributed by atoms with Crippen molar-refractivity contribution in [1.29, 1.82) is 0 Å². The van der Waals surface area contributed by atoms with Crippen LogP contribution in [0.2, 0.25) is 0 Å². The lowest BCUT2D eigenvalue weighted by atomic mass is 9.78. The normalized spacial score (nSPS) is 23.7. The van der Waals surface area contributed by atoms with Gasteiger partial charge < -0.3 is 10.3 Å². The molecule has 1 aliphatic carbocycles. The van der Waals surface area contributed by atoms with Gasteiger partial charge in [0.15, 0.2) is 0 Å². The van der Waals surface area contributed by atoms with Gasteiger partial charge in [-0.25, -0.2) is 4.79 Å². The molecule has 0 saturated heterocycles. The molecule has 1 amide bonds. The van der Waals surface area contributed by atoms with Gasteiger partial charge in [-0.05, 0) is 36.1 Å². The van der Waals surface area contributed by atoms with Crippen molar-refractivity contribution in [2.45, 2.75) is 58.5 Å². The van der Waals surface area contributed by atoms with Crippen LogP contribution in [-0.2, 0) is 11.3 Å². The zero-order chi connectivity index (χ0) is 18.0. The first-order chi connectivity index (χ1) is 12.0. The number of hydrogen-bond acceptors (Lipinski definition) is 4. The molecule has 0 unspecified atom stereocenters. The number of carbonyl (C=O) groups excluding carboxylic acids is 1. The van der Waals surface area contributed by atoms with Gasteiger partial charge in [0.1, 0.15) is 4.70 Å². The maximum atomic E-state index is 12.3. The van der Waals surface area contributed by atoms with E-state index in [1.165, 1.54) is 22.3 Å². The van der Waals surface area contributed by atoms with Crippen LogP contribution in [0.1, 0.15) is 46.0 Å². The summed E-state index contributed by atoms with van der Waals surface area (Å²) in [4.78, 5) is 39.3. The number of H-pyrrole nitrogens is 1. The quantitative estimate of drug-likeness (QED) is 0.856. The van der Waals surface area contributed by atoms with E-state index in [2.05, 4.69) is 24.1 Å². The highest BCUT2D eigenvalue weighted by atomic mass is 32.1. The van der Waals surface area contributed by atoms with Crippen LogP contribution in [-0.4, -0.2) is 21.5 Å². The average molecular weight is 363 g/mol. The zero-order valence-corrected chi connectivity index (χ0v) is 15.5. The Balaban J connectivity index is 1.57. The minimum Gasteiger partial charge on any atom is -0.353 e. The second kappa shape index (κ2) is 7.56. The van der Waals surface area contributed by atoms with E-state index in [1.54, 1.807) is 11.4 Å². The van der Waals surface area contributed by atoms with Crippen LogP contribution < -0.4 is 16.6 Å². The van der Waals surface area contributed by atoms with Crippen molar-refractivity contribution in [2.24, 2.45) is 11.8 Å². The molecule has 0 radical (unpaired) electrons. The third-order valence-electron chi connectivity index (χ3n) is 5.43. The number of thiophene rings is 1. The minimum absolute atomic E-state index is 0.00706. The molecule has 2 N–H and O–H groups in total. The van der Waals surface area contributed by atoms with E-state index in [1.807, 2.05) is 0 Å². The zero-order valence-electron chi connectivity index (χ0n) is 14.7. The molecule has 0 bridgehead atoms. The number of fused-ring (bicyclic) bond motifs is 1. The lowest BCUT2D eigenvalue weighted by Crippen LogP contribution is -2.43. The Bertz CT molecular complexity index is 866. The molecule has 3 atom stereocenters. The molecule has 6 nitrogen and oxygen atoms in total. The van der Waals surface area contributed by atoms with Gasteiger partial charge in [0.05, 0.1) is 5.52 Å². The second-order valence-corrected chi connectivity index (χ2v) is 8.01. The van der Waals surface area contributed by atoms with E-state index in [0.717, 1.165) is 12.8 Å². The molecular formula is C18H25N3O3S. The van der Waals surface area contributed by atoms with E-state index in [-0.39, 0.29) is 24.1 Å². The molecule has 7 heteroatoms. The number of aromatic nitrogens is 2. The van der Waals surface area contributed by atoms with E-state index in [9.17, 15) is 14.4 Å². The number of carbonyl (C=O) groups is 1. The summed E-state index contributed by atoms with van der Waals surface area (Å²) in [7, 11) is 0. The third-order valence-corrected chi connectivity index (χ3v) is 6.33. The number of rotatable bonds is 5. The number of nitrogens with one attached hydrogen (secondary N) is 2. The van der Waals surface area contributed by atoms with Crippen LogP contribution in [0.25, 0.3) is 10.2 Å². The molecule has 1 saturated carbocycles. The SMILES string of the molecule is C[C@H]1[C@H](C)CCC[C@H]1NC(=O)CCCn1c(=O)[nH]c2ccsc2c1=O. The fourth-order valence-corrected chi connectivity index (χ4v) is 4.43. The standard InChI is InChI=1S/C18H25N3O3S/c1-11-5-3-6-13(12(11)2)19-15(22)7-4-9-21-17(23)16-14(8-10-25-16)20-18(21)24/h8,10-13H,3-7,9H2,1-2H3,(H,19,22)(H,20,24)/t11-,12+,13-/m1/s1. The van der Waals surface area contributed by atoms with Gasteiger partial charge in [0.25, 0.3) is 5.56 Å².